The summed E-state index contributed by atoms with van der Waals surface area (Å²) in [6, 6.07) is 0.484. The van der Waals surface area contributed by atoms with E-state index in [1.54, 1.807) is 0 Å². The van der Waals surface area contributed by atoms with E-state index in [0.29, 0.717) is 12.0 Å². The van der Waals surface area contributed by atoms with Crippen molar-refractivity contribution in [2.24, 2.45) is 5.92 Å². The molecule has 2 N–H and O–H groups in total. The molecule has 0 aliphatic carbocycles. The van der Waals surface area contributed by atoms with E-state index in [9.17, 15) is 0 Å². The second-order valence-electron chi connectivity index (χ2n) is 4.54. The van der Waals surface area contributed by atoms with Gasteiger partial charge in [-0.1, -0.05) is 6.92 Å². The van der Waals surface area contributed by atoms with Crippen molar-refractivity contribution in [1.82, 2.24) is 14.9 Å². The maximum atomic E-state index is 8.73. The van der Waals surface area contributed by atoms with Crippen LogP contribution in [0.15, 0.2) is 18.7 Å². The summed E-state index contributed by atoms with van der Waals surface area (Å²) < 4.78 is 2.10. The Bertz CT molecular complexity index is 261. The molecule has 2 unspecified atom stereocenters. The molecule has 0 spiro atoms. The van der Waals surface area contributed by atoms with Crippen molar-refractivity contribution in [1.29, 1.82) is 0 Å². The molecule has 0 aliphatic heterocycles. The van der Waals surface area contributed by atoms with E-state index in [4.69, 9.17) is 5.11 Å². The highest BCUT2D eigenvalue weighted by Crippen LogP contribution is 2.01. The van der Waals surface area contributed by atoms with Gasteiger partial charge < -0.3 is 15.0 Å². The Kier molecular flexibility index (Phi) is 6.11. The van der Waals surface area contributed by atoms with Gasteiger partial charge in [-0.25, -0.2) is 4.98 Å². The summed E-state index contributed by atoms with van der Waals surface area (Å²) in [4.78, 5) is 4.03. The number of rotatable bonds is 8. The molecule has 0 aliphatic rings. The molecule has 0 saturated carbocycles. The van der Waals surface area contributed by atoms with Crippen LogP contribution in [0, 0.1) is 5.92 Å². The van der Waals surface area contributed by atoms with Gasteiger partial charge in [-0.15, -0.1) is 0 Å². The van der Waals surface area contributed by atoms with Crippen molar-refractivity contribution in [3.63, 3.8) is 0 Å². The van der Waals surface area contributed by atoms with E-state index in [0.717, 1.165) is 25.9 Å². The lowest BCUT2D eigenvalue weighted by molar-refractivity contribution is 0.274. The zero-order valence-corrected chi connectivity index (χ0v) is 10.3. The Morgan fingerprint density at radius 1 is 1.44 bits per heavy atom. The molecule has 92 valence electrons. The highest BCUT2D eigenvalue weighted by atomic mass is 16.2. The van der Waals surface area contributed by atoms with Gasteiger partial charge in [0, 0.05) is 31.6 Å². The van der Waals surface area contributed by atoms with E-state index in [1.807, 2.05) is 18.7 Å². The summed E-state index contributed by atoms with van der Waals surface area (Å²) in [5, 5.41) is 12.2. The van der Waals surface area contributed by atoms with Crippen molar-refractivity contribution in [2.45, 2.75) is 39.3 Å². The normalized spacial score (nSPS) is 14.9. The van der Waals surface area contributed by atoms with Crippen molar-refractivity contribution in [2.75, 3.05) is 13.2 Å². The van der Waals surface area contributed by atoms with Crippen LogP contribution in [0.25, 0.3) is 0 Å². The molecule has 0 bridgehead atoms. The maximum Gasteiger partial charge on any atom is 0.0946 e. The van der Waals surface area contributed by atoms with Gasteiger partial charge in [0.05, 0.1) is 6.33 Å². The van der Waals surface area contributed by atoms with Crippen LogP contribution in [0.4, 0.5) is 0 Å². The van der Waals surface area contributed by atoms with Crippen LogP contribution in [0.3, 0.4) is 0 Å². The Morgan fingerprint density at radius 3 is 2.88 bits per heavy atom. The average Bonchev–Trinajstić information content (AvgIpc) is 2.76. The number of hydrogen-bond donors (Lipinski definition) is 2. The van der Waals surface area contributed by atoms with Crippen LogP contribution < -0.4 is 5.32 Å². The van der Waals surface area contributed by atoms with Gasteiger partial charge in [0.2, 0.25) is 0 Å². The van der Waals surface area contributed by atoms with Gasteiger partial charge in [-0.3, -0.25) is 0 Å². The third-order valence-electron chi connectivity index (χ3n) is 2.69. The number of nitrogens with one attached hydrogen (secondary N) is 1. The maximum absolute atomic E-state index is 8.73. The van der Waals surface area contributed by atoms with E-state index in [2.05, 4.69) is 28.7 Å². The number of aliphatic hydroxyl groups excluding tert-OH is 1. The molecule has 0 fully saturated rings. The Hall–Kier alpha value is -0.870. The Balaban J connectivity index is 2.12. The molecule has 1 aromatic rings. The number of aromatic nitrogens is 2. The number of aliphatic hydroxyl groups is 1. The standard InChI is InChI=1S/C12H23N3O/c1-11(9-15-6-5-13-10-15)8-14-12(2)4-3-7-16/h5-6,10-12,14,16H,3-4,7-9H2,1-2H3. The van der Waals surface area contributed by atoms with E-state index in [1.165, 1.54) is 0 Å². The highest BCUT2D eigenvalue weighted by molar-refractivity contribution is 4.75. The molecule has 4 nitrogen and oxygen atoms in total. The fraction of sp³-hybridized carbons (Fsp3) is 0.750. The van der Waals surface area contributed by atoms with Crippen LogP contribution in [-0.2, 0) is 6.54 Å². The zero-order valence-electron chi connectivity index (χ0n) is 10.3. The lowest BCUT2D eigenvalue weighted by Crippen LogP contribution is -2.31. The summed E-state index contributed by atoms with van der Waals surface area (Å²) in [7, 11) is 0. The van der Waals surface area contributed by atoms with Gasteiger partial charge >= 0.3 is 0 Å². The summed E-state index contributed by atoms with van der Waals surface area (Å²) in [6.07, 6.45) is 7.57. The fourth-order valence-electron chi connectivity index (χ4n) is 1.72. The predicted octanol–water partition coefficient (Wildman–Crippen LogP) is 1.27. The van der Waals surface area contributed by atoms with Crippen LogP contribution in [0.5, 0.6) is 0 Å². The molecule has 16 heavy (non-hydrogen) atoms. The predicted molar refractivity (Wildman–Crippen MR) is 65.2 cm³/mol. The number of nitrogens with zero attached hydrogens (tertiary/aromatic N) is 2. The molecular weight excluding hydrogens is 202 g/mol. The molecule has 1 heterocycles. The second kappa shape index (κ2) is 7.41. The van der Waals surface area contributed by atoms with E-state index < -0.39 is 0 Å². The third-order valence-corrected chi connectivity index (χ3v) is 2.69. The first-order chi connectivity index (χ1) is 7.72. The first-order valence-electron chi connectivity index (χ1n) is 6.02. The zero-order chi connectivity index (χ0) is 11.8. The molecule has 0 saturated heterocycles. The summed E-state index contributed by atoms with van der Waals surface area (Å²) >= 11 is 0. The van der Waals surface area contributed by atoms with Crippen LogP contribution in [0.1, 0.15) is 26.7 Å². The molecule has 2 atom stereocenters. The topological polar surface area (TPSA) is 50.1 Å². The number of hydrogen-bond acceptors (Lipinski definition) is 3. The fourth-order valence-corrected chi connectivity index (χ4v) is 1.72. The minimum atomic E-state index is 0.288. The molecule has 0 radical (unpaired) electrons. The lowest BCUT2D eigenvalue weighted by atomic mass is 10.1. The van der Waals surface area contributed by atoms with Gasteiger partial charge in [0.15, 0.2) is 0 Å². The van der Waals surface area contributed by atoms with Crippen molar-refractivity contribution in [3.8, 4) is 0 Å². The van der Waals surface area contributed by atoms with Crippen LogP contribution in [0.2, 0.25) is 0 Å². The minimum absolute atomic E-state index is 0.288. The molecule has 1 rings (SSSR count). The SMILES string of the molecule is CC(CNC(C)CCCO)Cn1ccnc1. The average molecular weight is 225 g/mol. The number of imidazole rings is 1. The van der Waals surface area contributed by atoms with Crippen molar-refractivity contribution in [3.05, 3.63) is 18.7 Å². The highest BCUT2D eigenvalue weighted by Gasteiger charge is 2.05. The Labute approximate surface area is 97.7 Å². The van der Waals surface area contributed by atoms with Crippen molar-refractivity contribution >= 4 is 0 Å². The summed E-state index contributed by atoms with van der Waals surface area (Å²) in [5.74, 6) is 0.589. The first kappa shape index (κ1) is 13.2. The minimum Gasteiger partial charge on any atom is -0.396 e. The monoisotopic (exact) mass is 225 g/mol. The smallest absolute Gasteiger partial charge is 0.0946 e. The van der Waals surface area contributed by atoms with Crippen molar-refractivity contribution < 1.29 is 5.11 Å². The van der Waals surface area contributed by atoms with Gasteiger partial charge in [0.1, 0.15) is 0 Å². The quantitative estimate of drug-likeness (QED) is 0.700. The largest absolute Gasteiger partial charge is 0.396 e. The van der Waals surface area contributed by atoms with Gasteiger partial charge in [-0.05, 0) is 32.2 Å². The Morgan fingerprint density at radius 2 is 2.25 bits per heavy atom. The molecule has 0 amide bonds. The molecule has 4 heteroatoms. The molecular formula is C12H23N3O. The summed E-state index contributed by atoms with van der Waals surface area (Å²) in [5.41, 5.74) is 0. The summed E-state index contributed by atoms with van der Waals surface area (Å²) in [6.45, 7) is 6.69. The van der Waals surface area contributed by atoms with Crippen LogP contribution >= 0.6 is 0 Å². The van der Waals surface area contributed by atoms with E-state index in [-0.39, 0.29) is 6.61 Å². The second-order valence-corrected chi connectivity index (χ2v) is 4.54. The van der Waals surface area contributed by atoms with Gasteiger partial charge in [0.25, 0.3) is 0 Å². The first-order valence-corrected chi connectivity index (χ1v) is 6.02. The van der Waals surface area contributed by atoms with Crippen LogP contribution in [-0.4, -0.2) is 33.9 Å². The lowest BCUT2D eigenvalue weighted by Gasteiger charge is -2.17. The van der Waals surface area contributed by atoms with Gasteiger partial charge in [-0.2, -0.15) is 0 Å². The molecule has 0 aromatic carbocycles. The molecule has 1 aromatic heterocycles. The third kappa shape index (κ3) is 5.28. The van der Waals surface area contributed by atoms with E-state index >= 15 is 0 Å².